The molecule has 0 spiro atoms. The molecule has 0 aromatic heterocycles. The highest BCUT2D eigenvalue weighted by Crippen LogP contribution is 2.30. The second kappa shape index (κ2) is 5.81. The zero-order chi connectivity index (χ0) is 16.6. The van der Waals surface area contributed by atoms with E-state index >= 15 is 0 Å². The van der Waals surface area contributed by atoms with Gasteiger partial charge in [0.05, 0.1) is 5.69 Å². The maximum Gasteiger partial charge on any atom is 0.283 e. The standard InChI is InChI=1S/C16H9ClF2N2O2/c17-13-14(20-11-5-1-3-9(18)7-11)16(23)21(15(13)22)12-6-2-4-10(19)8-12/h1-8,20H. The molecule has 3 rings (SSSR count). The number of anilines is 2. The summed E-state index contributed by atoms with van der Waals surface area (Å²) in [7, 11) is 0. The number of carbonyl (C=O) groups excluding carboxylic acids is 2. The summed E-state index contributed by atoms with van der Waals surface area (Å²) in [5.41, 5.74) is 0.140. The predicted octanol–water partition coefficient (Wildman–Crippen LogP) is 3.40. The van der Waals surface area contributed by atoms with Crippen LogP contribution in [0.25, 0.3) is 0 Å². The van der Waals surface area contributed by atoms with Gasteiger partial charge in [0.25, 0.3) is 11.8 Å². The van der Waals surface area contributed by atoms with Crippen molar-refractivity contribution in [2.75, 3.05) is 10.2 Å². The topological polar surface area (TPSA) is 49.4 Å². The predicted molar refractivity (Wildman–Crippen MR) is 81.8 cm³/mol. The van der Waals surface area contributed by atoms with Gasteiger partial charge in [-0.1, -0.05) is 23.7 Å². The van der Waals surface area contributed by atoms with Crippen LogP contribution in [0.15, 0.2) is 59.3 Å². The largest absolute Gasteiger partial charge is 0.350 e. The number of rotatable bonds is 3. The summed E-state index contributed by atoms with van der Waals surface area (Å²) in [5, 5.41) is 2.28. The fraction of sp³-hybridized carbons (Fsp3) is 0. The van der Waals surface area contributed by atoms with Crippen LogP contribution in [-0.2, 0) is 9.59 Å². The van der Waals surface area contributed by atoms with Crippen LogP contribution < -0.4 is 10.2 Å². The number of imide groups is 1. The molecule has 7 heteroatoms. The third-order valence-electron chi connectivity index (χ3n) is 3.19. The smallest absolute Gasteiger partial charge is 0.283 e. The maximum atomic E-state index is 13.3. The Kier molecular flexibility index (Phi) is 3.83. The van der Waals surface area contributed by atoms with Crippen LogP contribution in [0.2, 0.25) is 0 Å². The van der Waals surface area contributed by atoms with Crippen LogP contribution in [0.3, 0.4) is 0 Å². The molecule has 0 atom stereocenters. The van der Waals surface area contributed by atoms with Crippen molar-refractivity contribution in [3.05, 3.63) is 70.9 Å². The Labute approximate surface area is 135 Å². The van der Waals surface area contributed by atoms with Gasteiger partial charge < -0.3 is 5.32 Å². The molecule has 1 N–H and O–H groups in total. The molecule has 0 unspecified atom stereocenters. The van der Waals surface area contributed by atoms with E-state index in [1.54, 1.807) is 0 Å². The molecule has 1 heterocycles. The van der Waals surface area contributed by atoms with Crippen molar-refractivity contribution in [1.29, 1.82) is 0 Å². The maximum absolute atomic E-state index is 13.3. The van der Waals surface area contributed by atoms with Crippen LogP contribution in [0.5, 0.6) is 0 Å². The first kappa shape index (κ1) is 15.2. The lowest BCUT2D eigenvalue weighted by Gasteiger charge is -2.15. The van der Waals surface area contributed by atoms with Crippen LogP contribution in [0.4, 0.5) is 20.2 Å². The Morgan fingerprint density at radius 3 is 2.22 bits per heavy atom. The average Bonchev–Trinajstić information content (AvgIpc) is 2.71. The lowest BCUT2D eigenvalue weighted by Crippen LogP contribution is -2.32. The van der Waals surface area contributed by atoms with Crippen molar-refractivity contribution in [2.45, 2.75) is 0 Å². The van der Waals surface area contributed by atoms with E-state index in [1.165, 1.54) is 36.4 Å². The summed E-state index contributed by atoms with van der Waals surface area (Å²) in [4.78, 5) is 25.3. The van der Waals surface area contributed by atoms with E-state index < -0.39 is 23.4 Å². The van der Waals surface area contributed by atoms with Crippen LogP contribution in [-0.4, -0.2) is 11.8 Å². The van der Waals surface area contributed by atoms with Crippen LogP contribution in [0.1, 0.15) is 0 Å². The van der Waals surface area contributed by atoms with Gasteiger partial charge in [0.1, 0.15) is 22.4 Å². The van der Waals surface area contributed by atoms with Gasteiger partial charge >= 0.3 is 0 Å². The summed E-state index contributed by atoms with van der Waals surface area (Å²) in [6.45, 7) is 0. The molecule has 2 aromatic rings. The second-order valence-electron chi connectivity index (χ2n) is 4.75. The van der Waals surface area contributed by atoms with Crippen LogP contribution >= 0.6 is 11.6 Å². The molecule has 0 radical (unpaired) electrons. The molecule has 2 amide bonds. The van der Waals surface area contributed by atoms with Gasteiger partial charge in [-0.05, 0) is 36.4 Å². The Morgan fingerprint density at radius 1 is 0.913 bits per heavy atom. The fourth-order valence-corrected chi connectivity index (χ4v) is 2.38. The highest BCUT2D eigenvalue weighted by molar-refractivity contribution is 6.53. The van der Waals surface area contributed by atoms with Crippen molar-refractivity contribution < 1.29 is 18.4 Å². The molecule has 0 saturated heterocycles. The Morgan fingerprint density at radius 2 is 1.57 bits per heavy atom. The van der Waals surface area contributed by atoms with Gasteiger partial charge in [-0.3, -0.25) is 9.59 Å². The van der Waals surface area contributed by atoms with E-state index in [0.29, 0.717) is 0 Å². The Hall–Kier alpha value is -2.73. The Balaban J connectivity index is 1.93. The van der Waals surface area contributed by atoms with E-state index in [9.17, 15) is 18.4 Å². The highest BCUT2D eigenvalue weighted by Gasteiger charge is 2.39. The van der Waals surface area contributed by atoms with Crippen molar-refractivity contribution >= 4 is 34.8 Å². The van der Waals surface area contributed by atoms with Crippen molar-refractivity contribution in [2.24, 2.45) is 0 Å². The Bertz CT molecular complexity index is 851. The number of carbonyl (C=O) groups is 2. The van der Waals surface area contributed by atoms with Gasteiger partial charge in [0, 0.05) is 5.69 Å². The zero-order valence-electron chi connectivity index (χ0n) is 11.5. The van der Waals surface area contributed by atoms with Gasteiger partial charge in [-0.25, -0.2) is 13.7 Å². The van der Waals surface area contributed by atoms with Crippen molar-refractivity contribution in [3.63, 3.8) is 0 Å². The molecule has 4 nitrogen and oxygen atoms in total. The van der Waals surface area contributed by atoms with Gasteiger partial charge in [-0.2, -0.15) is 0 Å². The molecular formula is C16H9ClF2N2O2. The molecule has 0 aliphatic carbocycles. The monoisotopic (exact) mass is 334 g/mol. The minimum Gasteiger partial charge on any atom is -0.350 e. The van der Waals surface area contributed by atoms with Crippen LogP contribution in [0, 0.1) is 11.6 Å². The van der Waals surface area contributed by atoms with Gasteiger partial charge in [0.15, 0.2) is 0 Å². The summed E-state index contributed by atoms with van der Waals surface area (Å²) < 4.78 is 26.5. The first-order chi connectivity index (χ1) is 11.0. The number of hydrogen-bond donors (Lipinski definition) is 1. The average molecular weight is 335 g/mol. The molecule has 0 saturated carbocycles. The molecule has 0 bridgehead atoms. The summed E-state index contributed by atoms with van der Waals surface area (Å²) in [5.74, 6) is -2.62. The molecule has 116 valence electrons. The SMILES string of the molecule is O=C1C(Cl)=C(Nc2cccc(F)c2)C(=O)N1c1cccc(F)c1. The summed E-state index contributed by atoms with van der Waals surface area (Å²) in [6.07, 6.45) is 0. The van der Waals surface area contributed by atoms with Crippen molar-refractivity contribution in [3.8, 4) is 0 Å². The number of benzene rings is 2. The van der Waals surface area contributed by atoms with E-state index in [-0.39, 0.29) is 22.1 Å². The number of hydrogen-bond acceptors (Lipinski definition) is 3. The number of nitrogens with zero attached hydrogens (tertiary/aromatic N) is 1. The molecule has 1 aliphatic rings. The van der Waals surface area contributed by atoms with E-state index in [0.717, 1.165) is 17.0 Å². The minimum atomic E-state index is -0.777. The molecule has 2 aromatic carbocycles. The van der Waals surface area contributed by atoms with Gasteiger partial charge in [0.2, 0.25) is 0 Å². The third-order valence-corrected chi connectivity index (χ3v) is 3.54. The second-order valence-corrected chi connectivity index (χ2v) is 5.13. The van der Waals surface area contributed by atoms with Crippen molar-refractivity contribution in [1.82, 2.24) is 0 Å². The zero-order valence-corrected chi connectivity index (χ0v) is 12.3. The highest BCUT2D eigenvalue weighted by atomic mass is 35.5. The summed E-state index contributed by atoms with van der Waals surface area (Å²) in [6, 6.07) is 10.4. The third kappa shape index (κ3) is 2.80. The van der Waals surface area contributed by atoms with Gasteiger partial charge in [-0.15, -0.1) is 0 Å². The molecule has 23 heavy (non-hydrogen) atoms. The summed E-state index contributed by atoms with van der Waals surface area (Å²) >= 11 is 5.92. The molecular weight excluding hydrogens is 326 g/mol. The van der Waals surface area contributed by atoms with E-state index in [4.69, 9.17) is 11.6 Å². The lowest BCUT2D eigenvalue weighted by atomic mass is 10.2. The number of halogens is 3. The first-order valence-corrected chi connectivity index (χ1v) is 6.92. The van der Waals surface area contributed by atoms with E-state index in [2.05, 4.69) is 5.32 Å². The quantitative estimate of drug-likeness (QED) is 0.875. The molecule has 0 fully saturated rings. The minimum absolute atomic E-state index is 0.0641. The fourth-order valence-electron chi connectivity index (χ4n) is 2.17. The number of amides is 2. The normalized spacial score (nSPS) is 14.7. The number of nitrogens with one attached hydrogen (secondary N) is 1. The van der Waals surface area contributed by atoms with E-state index in [1.807, 2.05) is 0 Å². The lowest BCUT2D eigenvalue weighted by molar-refractivity contribution is -0.120. The first-order valence-electron chi connectivity index (χ1n) is 6.54. The molecule has 1 aliphatic heterocycles.